The number of hydrogen-bond acceptors (Lipinski definition) is 4. The molecule has 1 aromatic rings. The second-order valence-corrected chi connectivity index (χ2v) is 9.15. The number of amides is 1. The van der Waals surface area contributed by atoms with E-state index in [0.717, 1.165) is 0 Å². The highest BCUT2D eigenvalue weighted by molar-refractivity contribution is 7.89. The maximum atomic E-state index is 12.1. The van der Waals surface area contributed by atoms with Crippen molar-refractivity contribution in [3.8, 4) is 0 Å². The van der Waals surface area contributed by atoms with Crippen molar-refractivity contribution in [2.45, 2.75) is 57.9 Å². The summed E-state index contributed by atoms with van der Waals surface area (Å²) in [5, 5.41) is 11.8. The predicted molar refractivity (Wildman–Crippen MR) is 99.3 cm³/mol. The molecule has 0 saturated heterocycles. The molecule has 0 saturated carbocycles. The van der Waals surface area contributed by atoms with Gasteiger partial charge in [0.15, 0.2) is 0 Å². The summed E-state index contributed by atoms with van der Waals surface area (Å²) in [6.45, 7) is 8.01. The molecule has 1 rings (SSSR count). The smallest absolute Gasteiger partial charge is 0.326 e. The Morgan fingerprint density at radius 3 is 2.19 bits per heavy atom. The summed E-state index contributed by atoms with van der Waals surface area (Å²) in [7, 11) is -3.54. The SMILES string of the molecule is CCNS(=O)(=O)c1ccc(CC(=O)NC(CCC(C)(C)C)C(=O)O)cc1. The van der Waals surface area contributed by atoms with Gasteiger partial charge in [-0.15, -0.1) is 0 Å². The number of carboxylic acids is 1. The summed E-state index contributed by atoms with van der Waals surface area (Å²) in [6.07, 6.45) is 1.01. The largest absolute Gasteiger partial charge is 0.480 e. The Labute approximate surface area is 155 Å². The van der Waals surface area contributed by atoms with Crippen molar-refractivity contribution >= 4 is 21.9 Å². The van der Waals surface area contributed by atoms with Crippen LogP contribution < -0.4 is 10.0 Å². The first-order chi connectivity index (χ1) is 11.9. The van der Waals surface area contributed by atoms with Gasteiger partial charge in [-0.3, -0.25) is 4.79 Å². The molecule has 8 heteroatoms. The van der Waals surface area contributed by atoms with E-state index in [2.05, 4.69) is 10.0 Å². The predicted octanol–water partition coefficient (Wildman–Crippen LogP) is 1.92. The number of rotatable bonds is 9. The number of nitrogens with one attached hydrogen (secondary N) is 2. The van der Waals surface area contributed by atoms with Gasteiger partial charge in [0, 0.05) is 6.54 Å². The minimum absolute atomic E-state index is 0.0131. The third-order valence-corrected chi connectivity index (χ3v) is 5.31. The Hall–Kier alpha value is -1.93. The molecule has 1 atom stereocenters. The molecule has 146 valence electrons. The van der Waals surface area contributed by atoms with Crippen LogP contribution in [0.5, 0.6) is 0 Å². The van der Waals surface area contributed by atoms with Crippen LogP contribution in [0.3, 0.4) is 0 Å². The average Bonchev–Trinajstić information content (AvgIpc) is 2.50. The van der Waals surface area contributed by atoms with E-state index >= 15 is 0 Å². The van der Waals surface area contributed by atoms with Gasteiger partial charge in [-0.2, -0.15) is 0 Å². The van der Waals surface area contributed by atoms with Crippen molar-refractivity contribution in [2.75, 3.05) is 6.54 Å². The molecular weight excluding hydrogens is 356 g/mol. The fraction of sp³-hybridized carbons (Fsp3) is 0.556. The van der Waals surface area contributed by atoms with E-state index < -0.39 is 27.9 Å². The van der Waals surface area contributed by atoms with Crippen LogP contribution in [0.25, 0.3) is 0 Å². The molecule has 26 heavy (non-hydrogen) atoms. The van der Waals surface area contributed by atoms with Gasteiger partial charge in [0.25, 0.3) is 0 Å². The Balaban J connectivity index is 2.70. The highest BCUT2D eigenvalue weighted by atomic mass is 32.2. The minimum Gasteiger partial charge on any atom is -0.480 e. The third kappa shape index (κ3) is 7.53. The van der Waals surface area contributed by atoms with Crippen molar-refractivity contribution < 1.29 is 23.1 Å². The van der Waals surface area contributed by atoms with Gasteiger partial charge in [-0.05, 0) is 36.0 Å². The zero-order valence-corrected chi connectivity index (χ0v) is 16.5. The number of benzene rings is 1. The van der Waals surface area contributed by atoms with Crippen LogP contribution in [0.2, 0.25) is 0 Å². The molecule has 0 spiro atoms. The fourth-order valence-electron chi connectivity index (χ4n) is 2.33. The Morgan fingerprint density at radius 2 is 1.73 bits per heavy atom. The van der Waals surface area contributed by atoms with Crippen molar-refractivity contribution in [1.82, 2.24) is 10.0 Å². The molecule has 0 fully saturated rings. The average molecular weight is 384 g/mol. The third-order valence-electron chi connectivity index (χ3n) is 3.75. The first kappa shape index (κ1) is 22.1. The molecule has 0 aliphatic carbocycles. The van der Waals surface area contributed by atoms with Gasteiger partial charge in [-0.25, -0.2) is 17.9 Å². The van der Waals surface area contributed by atoms with E-state index in [1.807, 2.05) is 20.8 Å². The van der Waals surface area contributed by atoms with Crippen LogP contribution in [0.4, 0.5) is 0 Å². The second kappa shape index (κ2) is 9.14. The maximum Gasteiger partial charge on any atom is 0.326 e. The summed E-state index contributed by atoms with van der Waals surface area (Å²) in [4.78, 5) is 23.6. The van der Waals surface area contributed by atoms with Crippen LogP contribution in [0, 0.1) is 5.41 Å². The van der Waals surface area contributed by atoms with E-state index in [0.29, 0.717) is 18.4 Å². The van der Waals surface area contributed by atoms with E-state index in [1.165, 1.54) is 12.1 Å². The Kier molecular flexibility index (Phi) is 7.77. The zero-order valence-electron chi connectivity index (χ0n) is 15.7. The molecular formula is C18H28N2O5S. The van der Waals surface area contributed by atoms with Gasteiger partial charge in [0.1, 0.15) is 6.04 Å². The number of aliphatic carboxylic acids is 1. The lowest BCUT2D eigenvalue weighted by molar-refractivity contribution is -0.142. The normalized spacial score (nSPS) is 13.2. The molecule has 0 heterocycles. The maximum absolute atomic E-state index is 12.1. The van der Waals surface area contributed by atoms with Crippen LogP contribution in [0.15, 0.2) is 29.2 Å². The molecule has 3 N–H and O–H groups in total. The molecule has 0 bridgehead atoms. The van der Waals surface area contributed by atoms with Crippen molar-refractivity contribution in [1.29, 1.82) is 0 Å². The van der Waals surface area contributed by atoms with Gasteiger partial charge < -0.3 is 10.4 Å². The van der Waals surface area contributed by atoms with E-state index in [1.54, 1.807) is 19.1 Å². The van der Waals surface area contributed by atoms with Crippen LogP contribution in [-0.2, 0) is 26.0 Å². The summed E-state index contributed by atoms with van der Waals surface area (Å²) >= 11 is 0. The molecule has 0 aliphatic rings. The summed E-state index contributed by atoms with van der Waals surface area (Å²) in [5.74, 6) is -1.47. The molecule has 1 aromatic carbocycles. The number of sulfonamides is 1. The summed E-state index contributed by atoms with van der Waals surface area (Å²) in [5.41, 5.74) is 0.588. The van der Waals surface area contributed by atoms with Crippen LogP contribution in [-0.4, -0.2) is 38.0 Å². The van der Waals surface area contributed by atoms with Crippen LogP contribution >= 0.6 is 0 Å². The van der Waals surface area contributed by atoms with Gasteiger partial charge in [0.2, 0.25) is 15.9 Å². The number of carboxylic acid groups (broad SMARTS) is 1. The minimum atomic E-state index is -3.54. The van der Waals surface area contributed by atoms with Crippen molar-refractivity contribution in [3.05, 3.63) is 29.8 Å². The van der Waals surface area contributed by atoms with Gasteiger partial charge in [-0.1, -0.05) is 39.8 Å². The first-order valence-electron chi connectivity index (χ1n) is 8.55. The molecule has 7 nitrogen and oxygen atoms in total. The molecule has 1 amide bonds. The molecule has 0 aliphatic heterocycles. The zero-order chi connectivity index (χ0) is 20.0. The quantitative estimate of drug-likeness (QED) is 0.602. The van der Waals surface area contributed by atoms with E-state index in [4.69, 9.17) is 0 Å². The summed E-state index contributed by atoms with van der Waals surface area (Å²) in [6, 6.07) is 5.02. The summed E-state index contributed by atoms with van der Waals surface area (Å²) < 4.78 is 26.2. The fourth-order valence-corrected chi connectivity index (χ4v) is 3.37. The monoisotopic (exact) mass is 384 g/mol. The van der Waals surface area contributed by atoms with Crippen molar-refractivity contribution in [2.24, 2.45) is 5.41 Å². The standard InChI is InChI=1S/C18H28N2O5S/c1-5-19-26(24,25)14-8-6-13(7-9-14)12-16(21)20-15(17(22)23)10-11-18(2,3)4/h6-9,15,19H,5,10-12H2,1-4H3,(H,20,21)(H,22,23). The lowest BCUT2D eigenvalue weighted by Crippen LogP contribution is -2.42. The lowest BCUT2D eigenvalue weighted by Gasteiger charge is -2.21. The molecule has 0 radical (unpaired) electrons. The van der Waals surface area contributed by atoms with E-state index in [9.17, 15) is 23.1 Å². The van der Waals surface area contributed by atoms with Gasteiger partial charge >= 0.3 is 5.97 Å². The highest BCUT2D eigenvalue weighted by Gasteiger charge is 2.23. The van der Waals surface area contributed by atoms with Crippen LogP contribution in [0.1, 0.15) is 46.1 Å². The van der Waals surface area contributed by atoms with Gasteiger partial charge in [0.05, 0.1) is 11.3 Å². The number of hydrogen-bond donors (Lipinski definition) is 3. The first-order valence-corrected chi connectivity index (χ1v) is 10.0. The lowest BCUT2D eigenvalue weighted by atomic mass is 9.88. The van der Waals surface area contributed by atoms with Crippen molar-refractivity contribution in [3.63, 3.8) is 0 Å². The second-order valence-electron chi connectivity index (χ2n) is 7.38. The van der Waals surface area contributed by atoms with E-state index in [-0.39, 0.29) is 23.3 Å². The Bertz CT molecular complexity index is 721. The highest BCUT2D eigenvalue weighted by Crippen LogP contribution is 2.21. The Morgan fingerprint density at radius 1 is 1.15 bits per heavy atom. The number of carbonyl (C=O) groups excluding carboxylic acids is 1. The molecule has 1 unspecified atom stereocenters. The molecule has 0 aromatic heterocycles. The number of carbonyl (C=O) groups is 2. The topological polar surface area (TPSA) is 113 Å².